The number of amides is 2. The summed E-state index contributed by atoms with van der Waals surface area (Å²) >= 11 is 0. The van der Waals surface area contributed by atoms with E-state index in [1.165, 1.54) is 0 Å². The zero-order valence-electron chi connectivity index (χ0n) is 16.0. The molecule has 1 aromatic carbocycles. The van der Waals surface area contributed by atoms with Crippen molar-refractivity contribution in [1.82, 2.24) is 20.2 Å². The van der Waals surface area contributed by atoms with Gasteiger partial charge in [0, 0.05) is 17.3 Å². The normalized spacial score (nSPS) is 10.6. The number of aromatic nitrogens is 3. The number of nitrogens with two attached hydrogens (primary N) is 2. The van der Waals surface area contributed by atoms with Gasteiger partial charge in [-0.05, 0) is 44.5 Å². The van der Waals surface area contributed by atoms with Crippen LogP contribution in [0.4, 0.5) is 10.5 Å². The highest BCUT2D eigenvalue weighted by molar-refractivity contribution is 5.91. The van der Waals surface area contributed by atoms with E-state index in [1.54, 1.807) is 22.9 Å². The summed E-state index contributed by atoms with van der Waals surface area (Å²) in [5.41, 5.74) is 6.09. The van der Waals surface area contributed by atoms with Crippen molar-refractivity contribution in [2.24, 2.45) is 11.7 Å². The van der Waals surface area contributed by atoms with Crippen molar-refractivity contribution in [3.8, 4) is 11.7 Å². The van der Waals surface area contributed by atoms with E-state index in [4.69, 9.17) is 16.4 Å². The summed E-state index contributed by atoms with van der Waals surface area (Å²) in [5.74, 6) is 12.1. The van der Waals surface area contributed by atoms with Crippen LogP contribution < -0.4 is 26.9 Å². The van der Waals surface area contributed by atoms with Crippen LogP contribution in [-0.4, -0.2) is 20.8 Å². The van der Waals surface area contributed by atoms with Crippen LogP contribution in [0.15, 0.2) is 42.5 Å². The molecule has 0 aliphatic carbocycles. The lowest BCUT2D eigenvalue weighted by Gasteiger charge is -2.21. The average Bonchev–Trinajstić information content (AvgIpc) is 3.04. The molecule has 2 heterocycles. The smallest absolute Gasteiger partial charge is 0.350 e. The Kier molecular flexibility index (Phi) is 5.57. The van der Waals surface area contributed by atoms with Gasteiger partial charge in [0.2, 0.25) is 5.88 Å². The monoisotopic (exact) mass is 381 g/mol. The lowest BCUT2D eigenvalue weighted by atomic mass is 10.1. The highest BCUT2D eigenvalue weighted by Crippen LogP contribution is 2.24. The van der Waals surface area contributed by atoms with Gasteiger partial charge in [0.25, 0.3) is 0 Å². The molecule has 0 aliphatic rings. The molecule has 0 fully saturated rings. The molecule has 0 saturated carbocycles. The number of urea groups is 1. The molecule has 2 amide bonds. The number of hydrazine groups is 2. The van der Waals surface area contributed by atoms with Crippen LogP contribution in [0.5, 0.6) is 5.88 Å². The highest BCUT2D eigenvalue weighted by Gasteiger charge is 2.16. The zero-order valence-corrected chi connectivity index (χ0v) is 16.0. The Morgan fingerprint density at radius 2 is 1.96 bits per heavy atom. The van der Waals surface area contributed by atoms with E-state index in [1.807, 2.05) is 50.5 Å². The minimum Gasteiger partial charge on any atom is -0.473 e. The number of nitrogens with zero attached hydrogens (tertiary/aromatic N) is 4. The highest BCUT2D eigenvalue weighted by atomic mass is 16.5. The van der Waals surface area contributed by atoms with Crippen molar-refractivity contribution in [2.75, 3.05) is 5.01 Å². The van der Waals surface area contributed by atoms with Gasteiger partial charge in [-0.15, -0.1) is 0 Å². The second kappa shape index (κ2) is 8.07. The summed E-state index contributed by atoms with van der Waals surface area (Å²) in [6.45, 7) is 5.99. The first-order valence-corrected chi connectivity index (χ1v) is 8.68. The molecule has 3 rings (SSSR count). The Balaban J connectivity index is 1.84. The summed E-state index contributed by atoms with van der Waals surface area (Å²) in [4.78, 5) is 16.3. The van der Waals surface area contributed by atoms with Crippen molar-refractivity contribution >= 4 is 11.7 Å². The van der Waals surface area contributed by atoms with Crippen LogP contribution in [0.3, 0.4) is 0 Å². The van der Waals surface area contributed by atoms with Crippen LogP contribution >= 0.6 is 0 Å². The lowest BCUT2D eigenvalue weighted by molar-refractivity contribution is 0.246. The van der Waals surface area contributed by atoms with Gasteiger partial charge in [-0.3, -0.25) is 5.43 Å². The minimum absolute atomic E-state index is 0.182. The summed E-state index contributed by atoms with van der Waals surface area (Å²) in [7, 11) is 0. The van der Waals surface area contributed by atoms with Gasteiger partial charge in [0.1, 0.15) is 6.61 Å². The van der Waals surface area contributed by atoms with Crippen LogP contribution in [0.1, 0.15) is 22.5 Å². The maximum Gasteiger partial charge on any atom is 0.350 e. The number of aryl methyl sites for hydroxylation is 3. The standard InChI is InChI=1S/C19H23N7O2/c1-12-6-4-7-16(25(21)19(27)23-20)15(12)11-28-18-9-5-8-17(22-18)26-14(3)10-13(2)24-26/h4-10H,11,20-21H2,1-3H3,(H,23,27). The number of carbonyl (C=O) groups excluding carboxylic acids is 1. The molecule has 9 heteroatoms. The van der Waals surface area contributed by atoms with Crippen molar-refractivity contribution in [3.63, 3.8) is 0 Å². The number of anilines is 1. The molecule has 0 bridgehead atoms. The average molecular weight is 381 g/mol. The molecule has 0 unspecified atom stereocenters. The second-order valence-electron chi connectivity index (χ2n) is 6.35. The predicted molar refractivity (Wildman–Crippen MR) is 106 cm³/mol. The molecule has 0 aliphatic heterocycles. The van der Waals surface area contributed by atoms with E-state index in [2.05, 4.69) is 10.1 Å². The van der Waals surface area contributed by atoms with Crippen molar-refractivity contribution in [1.29, 1.82) is 0 Å². The quantitative estimate of drug-likeness (QED) is 0.353. The third-order valence-corrected chi connectivity index (χ3v) is 4.29. The molecular formula is C19H23N7O2. The van der Waals surface area contributed by atoms with Gasteiger partial charge in [0.05, 0.1) is 11.4 Å². The van der Waals surface area contributed by atoms with E-state index < -0.39 is 6.03 Å². The van der Waals surface area contributed by atoms with Gasteiger partial charge >= 0.3 is 6.03 Å². The Hall–Kier alpha value is -3.43. The van der Waals surface area contributed by atoms with Gasteiger partial charge in [-0.25, -0.2) is 26.2 Å². The molecule has 0 radical (unpaired) electrons. The molecule has 9 nitrogen and oxygen atoms in total. The molecular weight excluding hydrogens is 358 g/mol. The van der Waals surface area contributed by atoms with Gasteiger partial charge in [-0.1, -0.05) is 18.2 Å². The SMILES string of the molecule is Cc1cc(C)n(-c2cccc(OCc3c(C)cccc3N(N)C(=O)NN)n2)n1. The van der Waals surface area contributed by atoms with E-state index in [0.717, 1.165) is 27.5 Å². The first-order valence-electron chi connectivity index (χ1n) is 8.68. The summed E-state index contributed by atoms with van der Waals surface area (Å²) in [6, 6.07) is 12.3. The third kappa shape index (κ3) is 3.95. The van der Waals surface area contributed by atoms with Crippen molar-refractivity contribution in [3.05, 3.63) is 65.0 Å². The topological polar surface area (TPSA) is 124 Å². The molecule has 146 valence electrons. The molecule has 0 atom stereocenters. The number of pyridine rings is 1. The van der Waals surface area contributed by atoms with E-state index in [-0.39, 0.29) is 6.61 Å². The summed E-state index contributed by atoms with van der Waals surface area (Å²) in [5, 5.41) is 5.39. The number of carbonyl (C=O) groups is 1. The Morgan fingerprint density at radius 3 is 2.64 bits per heavy atom. The maximum atomic E-state index is 11.8. The minimum atomic E-state index is -0.628. The molecule has 0 saturated heterocycles. The van der Waals surface area contributed by atoms with Gasteiger partial charge < -0.3 is 4.74 Å². The molecule has 2 aromatic heterocycles. The van der Waals surface area contributed by atoms with E-state index in [9.17, 15) is 4.79 Å². The molecule has 5 N–H and O–H groups in total. The Morgan fingerprint density at radius 1 is 1.21 bits per heavy atom. The zero-order chi connectivity index (χ0) is 20.3. The van der Waals surface area contributed by atoms with Crippen molar-refractivity contribution in [2.45, 2.75) is 27.4 Å². The Labute approximate surface area is 162 Å². The first-order chi connectivity index (χ1) is 13.4. The van der Waals surface area contributed by atoms with E-state index in [0.29, 0.717) is 17.4 Å². The predicted octanol–water partition coefficient (Wildman–Crippen LogP) is 2.03. The maximum absolute atomic E-state index is 11.8. The number of hydrogen-bond acceptors (Lipinski definition) is 6. The lowest BCUT2D eigenvalue weighted by Crippen LogP contribution is -2.48. The van der Waals surface area contributed by atoms with Crippen molar-refractivity contribution < 1.29 is 9.53 Å². The number of nitrogens with one attached hydrogen (secondary N) is 1. The second-order valence-corrected chi connectivity index (χ2v) is 6.35. The number of ether oxygens (including phenoxy) is 1. The van der Waals surface area contributed by atoms with Gasteiger partial charge in [-0.2, -0.15) is 10.1 Å². The van der Waals surface area contributed by atoms with E-state index >= 15 is 0 Å². The fraction of sp³-hybridized carbons (Fsp3) is 0.211. The number of hydrogen-bond donors (Lipinski definition) is 3. The summed E-state index contributed by atoms with van der Waals surface area (Å²) < 4.78 is 7.65. The molecule has 3 aromatic rings. The van der Waals surface area contributed by atoms with Crippen LogP contribution in [0.25, 0.3) is 5.82 Å². The summed E-state index contributed by atoms with van der Waals surface area (Å²) in [6.07, 6.45) is 0. The Bertz CT molecular complexity index is 1000. The fourth-order valence-electron chi connectivity index (χ4n) is 2.89. The number of rotatable bonds is 5. The van der Waals surface area contributed by atoms with Crippen LogP contribution in [0.2, 0.25) is 0 Å². The van der Waals surface area contributed by atoms with Gasteiger partial charge in [0.15, 0.2) is 5.82 Å². The third-order valence-electron chi connectivity index (χ3n) is 4.29. The molecule has 28 heavy (non-hydrogen) atoms. The number of benzene rings is 1. The van der Waals surface area contributed by atoms with Crippen LogP contribution in [0, 0.1) is 20.8 Å². The first kappa shape index (κ1) is 19.3. The molecule has 0 spiro atoms. The fourth-order valence-corrected chi connectivity index (χ4v) is 2.89. The largest absolute Gasteiger partial charge is 0.473 e. The van der Waals surface area contributed by atoms with Crippen LogP contribution in [-0.2, 0) is 6.61 Å².